The number of hydrogen-bond acceptors (Lipinski definition) is 6. The van der Waals surface area contributed by atoms with Gasteiger partial charge in [-0.2, -0.15) is 4.98 Å². The van der Waals surface area contributed by atoms with Crippen LogP contribution >= 0.6 is 0 Å². The molecule has 1 atom stereocenters. The smallest absolute Gasteiger partial charge is 0.252 e. The molecule has 176 valence electrons. The van der Waals surface area contributed by atoms with Crippen LogP contribution in [0.5, 0.6) is 0 Å². The van der Waals surface area contributed by atoms with Crippen LogP contribution in [0, 0.1) is 0 Å². The Bertz CT molecular complexity index is 1100. The van der Waals surface area contributed by atoms with E-state index in [0.717, 1.165) is 50.1 Å². The number of hydrogen-bond donors (Lipinski definition) is 1. The van der Waals surface area contributed by atoms with E-state index in [1.54, 1.807) is 12.3 Å². The van der Waals surface area contributed by atoms with Gasteiger partial charge in [-0.05, 0) is 50.7 Å². The Labute approximate surface area is 196 Å². The highest BCUT2D eigenvalue weighted by Gasteiger charge is 2.15. The van der Waals surface area contributed by atoms with E-state index in [9.17, 15) is 4.79 Å². The second-order valence-electron chi connectivity index (χ2n) is 9.17. The quantitative estimate of drug-likeness (QED) is 0.474. The second kappa shape index (κ2) is 10.8. The zero-order valence-corrected chi connectivity index (χ0v) is 20.1. The van der Waals surface area contributed by atoms with Crippen molar-refractivity contribution in [3.63, 3.8) is 0 Å². The van der Waals surface area contributed by atoms with E-state index in [2.05, 4.69) is 65.3 Å². The molecule has 0 saturated carbocycles. The predicted octanol–water partition coefficient (Wildman–Crippen LogP) is 4.82. The summed E-state index contributed by atoms with van der Waals surface area (Å²) in [6, 6.07) is 12.0. The fourth-order valence-corrected chi connectivity index (χ4v) is 4.47. The molecule has 7 nitrogen and oxygen atoms in total. The zero-order valence-electron chi connectivity index (χ0n) is 20.1. The summed E-state index contributed by atoms with van der Waals surface area (Å²) in [4.78, 5) is 26.7. The number of pyridine rings is 1. The Kier molecular flexibility index (Phi) is 7.60. The fraction of sp³-hybridized carbons (Fsp3) is 0.500. The third-order valence-electron chi connectivity index (χ3n) is 6.58. The highest BCUT2D eigenvalue weighted by molar-refractivity contribution is 5.76. The van der Waals surface area contributed by atoms with Crippen LogP contribution in [-0.4, -0.2) is 52.7 Å². The summed E-state index contributed by atoms with van der Waals surface area (Å²) in [6.45, 7) is 8.59. The van der Waals surface area contributed by atoms with Crippen LogP contribution in [0.15, 0.2) is 47.4 Å². The van der Waals surface area contributed by atoms with Crippen LogP contribution in [-0.2, 0) is 0 Å². The highest BCUT2D eigenvalue weighted by Crippen LogP contribution is 2.23. The van der Waals surface area contributed by atoms with Gasteiger partial charge in [-0.25, -0.2) is 4.98 Å². The maximum Gasteiger partial charge on any atom is 0.252 e. The van der Waals surface area contributed by atoms with Crippen molar-refractivity contribution in [3.8, 4) is 0 Å². The third kappa shape index (κ3) is 5.71. The second-order valence-corrected chi connectivity index (χ2v) is 9.17. The molecule has 7 heteroatoms. The molecule has 2 aromatic heterocycles. The van der Waals surface area contributed by atoms with Crippen molar-refractivity contribution in [2.75, 3.05) is 43.4 Å². The molecule has 1 N–H and O–H groups in total. The molecule has 1 saturated heterocycles. The molecular weight excluding hydrogens is 412 g/mol. The summed E-state index contributed by atoms with van der Waals surface area (Å²) < 4.78 is 1.82. The number of piperazine rings is 1. The minimum absolute atomic E-state index is 0.00771. The molecule has 0 amide bonds. The Morgan fingerprint density at radius 2 is 1.76 bits per heavy atom. The molecule has 0 radical (unpaired) electrons. The third-order valence-corrected chi connectivity index (χ3v) is 6.58. The fourth-order valence-electron chi connectivity index (χ4n) is 4.47. The van der Waals surface area contributed by atoms with Gasteiger partial charge in [0.25, 0.3) is 5.56 Å². The van der Waals surface area contributed by atoms with Gasteiger partial charge < -0.3 is 15.1 Å². The number of unbranched alkanes of at least 4 members (excludes halogenated alkanes) is 3. The van der Waals surface area contributed by atoms with Gasteiger partial charge in [0.1, 0.15) is 5.65 Å². The summed E-state index contributed by atoms with van der Waals surface area (Å²) in [6.07, 6.45) is 7.53. The first-order chi connectivity index (χ1) is 16.0. The first-order valence-electron chi connectivity index (χ1n) is 12.2. The summed E-state index contributed by atoms with van der Waals surface area (Å²) in [7, 11) is 2.17. The first kappa shape index (κ1) is 23.2. The van der Waals surface area contributed by atoms with E-state index >= 15 is 0 Å². The normalized spacial score (nSPS) is 15.7. The number of nitrogens with one attached hydrogen (secondary N) is 1. The molecule has 3 aromatic rings. The Balaban J connectivity index is 1.51. The molecule has 1 aliphatic heterocycles. The summed E-state index contributed by atoms with van der Waals surface area (Å²) >= 11 is 0. The molecule has 1 aromatic carbocycles. The lowest BCUT2D eigenvalue weighted by molar-refractivity contribution is 0.313. The minimum atomic E-state index is -0.00771. The Morgan fingerprint density at radius 3 is 2.48 bits per heavy atom. The van der Waals surface area contributed by atoms with E-state index in [-0.39, 0.29) is 11.6 Å². The van der Waals surface area contributed by atoms with Gasteiger partial charge in [-0.15, -0.1) is 0 Å². The maximum absolute atomic E-state index is 12.7. The van der Waals surface area contributed by atoms with Crippen LogP contribution in [0.2, 0.25) is 0 Å². The van der Waals surface area contributed by atoms with Crippen molar-refractivity contribution in [2.24, 2.45) is 0 Å². The number of rotatable bonds is 9. The molecule has 1 fully saturated rings. The molecule has 1 aliphatic rings. The van der Waals surface area contributed by atoms with E-state index in [1.807, 2.05) is 10.6 Å². The monoisotopic (exact) mass is 448 g/mol. The topological polar surface area (TPSA) is 66.3 Å². The molecule has 0 aliphatic carbocycles. The van der Waals surface area contributed by atoms with Gasteiger partial charge in [0, 0.05) is 61.2 Å². The number of aromatic nitrogens is 3. The van der Waals surface area contributed by atoms with Crippen LogP contribution in [0.3, 0.4) is 0 Å². The van der Waals surface area contributed by atoms with Crippen molar-refractivity contribution in [1.82, 2.24) is 19.4 Å². The van der Waals surface area contributed by atoms with Crippen LogP contribution in [0.1, 0.15) is 52.0 Å². The average Bonchev–Trinajstić information content (AvgIpc) is 2.82. The minimum Gasteiger partial charge on any atom is -0.369 e. The number of anilines is 3. The standard InChI is InChI=1S/C26H36N6O/c1-4-5-6-7-8-20(2)32-24(33)14-9-21-19-27-26(29-25(21)32)28-22-10-12-23(13-11-22)31-17-15-30(3)16-18-31/h9-14,19-20H,4-8,15-18H2,1-3H3,(H,27,28,29). The van der Waals surface area contributed by atoms with Gasteiger partial charge in [0.2, 0.25) is 5.95 Å². The van der Waals surface area contributed by atoms with E-state index < -0.39 is 0 Å². The van der Waals surface area contributed by atoms with E-state index in [4.69, 9.17) is 4.98 Å². The van der Waals surface area contributed by atoms with Gasteiger partial charge in [-0.1, -0.05) is 32.6 Å². The molecule has 4 rings (SSSR count). The molecular formula is C26H36N6O. The average molecular weight is 449 g/mol. The van der Waals surface area contributed by atoms with Crippen molar-refractivity contribution in [2.45, 2.75) is 52.0 Å². The van der Waals surface area contributed by atoms with E-state index in [0.29, 0.717) is 11.6 Å². The number of nitrogens with zero attached hydrogens (tertiary/aromatic N) is 5. The highest BCUT2D eigenvalue weighted by atomic mass is 16.1. The number of fused-ring (bicyclic) bond motifs is 1. The predicted molar refractivity (Wildman–Crippen MR) is 137 cm³/mol. The first-order valence-corrected chi connectivity index (χ1v) is 12.2. The van der Waals surface area contributed by atoms with Gasteiger partial charge in [-0.3, -0.25) is 9.36 Å². The van der Waals surface area contributed by atoms with Crippen LogP contribution in [0.4, 0.5) is 17.3 Å². The molecule has 0 spiro atoms. The summed E-state index contributed by atoms with van der Waals surface area (Å²) in [5.41, 5.74) is 2.85. The van der Waals surface area contributed by atoms with Crippen molar-refractivity contribution >= 4 is 28.4 Å². The van der Waals surface area contributed by atoms with Gasteiger partial charge >= 0.3 is 0 Å². The largest absolute Gasteiger partial charge is 0.369 e. The molecule has 3 heterocycles. The Hall–Kier alpha value is -2.93. The number of likely N-dealkylation sites (N-methyl/N-ethyl adjacent to an activating group) is 1. The maximum atomic E-state index is 12.7. The van der Waals surface area contributed by atoms with Crippen molar-refractivity contribution < 1.29 is 0 Å². The number of benzene rings is 1. The Morgan fingerprint density at radius 1 is 1.00 bits per heavy atom. The van der Waals surface area contributed by atoms with Gasteiger partial charge in [0.05, 0.1) is 0 Å². The molecule has 1 unspecified atom stereocenters. The SMILES string of the molecule is CCCCCCC(C)n1c(=O)ccc2cnc(Nc3ccc(N4CCN(C)CC4)cc3)nc21. The molecule has 33 heavy (non-hydrogen) atoms. The van der Waals surface area contributed by atoms with Crippen molar-refractivity contribution in [1.29, 1.82) is 0 Å². The summed E-state index contributed by atoms with van der Waals surface area (Å²) in [5.74, 6) is 0.507. The lowest BCUT2D eigenvalue weighted by Crippen LogP contribution is -2.44. The zero-order chi connectivity index (χ0) is 23.2. The van der Waals surface area contributed by atoms with Gasteiger partial charge in [0.15, 0.2) is 0 Å². The van der Waals surface area contributed by atoms with E-state index in [1.165, 1.54) is 24.9 Å². The van der Waals surface area contributed by atoms with Crippen molar-refractivity contribution in [3.05, 3.63) is 52.9 Å². The van der Waals surface area contributed by atoms with Crippen LogP contribution < -0.4 is 15.8 Å². The molecule has 0 bridgehead atoms. The summed E-state index contributed by atoms with van der Waals surface area (Å²) in [5, 5.41) is 4.19. The lowest BCUT2D eigenvalue weighted by Gasteiger charge is -2.34. The van der Waals surface area contributed by atoms with Crippen LogP contribution in [0.25, 0.3) is 11.0 Å². The lowest BCUT2D eigenvalue weighted by atomic mass is 10.1.